The van der Waals surface area contributed by atoms with Gasteiger partial charge in [-0.25, -0.2) is 14.1 Å². The van der Waals surface area contributed by atoms with E-state index in [-0.39, 0.29) is 0 Å². The predicted octanol–water partition coefficient (Wildman–Crippen LogP) is 1.78. The van der Waals surface area contributed by atoms with Gasteiger partial charge in [0.2, 0.25) is 0 Å². The molecule has 19 heavy (non-hydrogen) atoms. The van der Waals surface area contributed by atoms with Gasteiger partial charge < -0.3 is 10.3 Å². The first kappa shape index (κ1) is 13.0. The van der Waals surface area contributed by atoms with Gasteiger partial charge in [-0.15, -0.1) is 0 Å². The van der Waals surface area contributed by atoms with Crippen LogP contribution in [0, 0.1) is 18.3 Å². The normalized spacial score (nSPS) is 9.95. The lowest BCUT2D eigenvalue weighted by molar-refractivity contribution is 0.257. The molecule has 7 heteroatoms. The molecule has 0 bridgehead atoms. The monoisotopic (exact) mass is 273 g/mol. The van der Waals surface area contributed by atoms with Gasteiger partial charge in [0.1, 0.15) is 6.07 Å². The van der Waals surface area contributed by atoms with Gasteiger partial charge in [-0.05, 0) is 25.1 Å². The van der Waals surface area contributed by atoms with E-state index < -0.39 is 6.03 Å². The van der Waals surface area contributed by atoms with Gasteiger partial charge in [0.05, 0.1) is 29.0 Å². The van der Waals surface area contributed by atoms with Gasteiger partial charge in [0.25, 0.3) is 0 Å². The number of imidazole rings is 1. The molecule has 0 aliphatic heterocycles. The Morgan fingerprint density at radius 1 is 1.58 bits per heavy atom. The molecule has 0 spiro atoms. The van der Waals surface area contributed by atoms with Gasteiger partial charge in [0.15, 0.2) is 0 Å². The Kier molecular flexibility index (Phi) is 3.44. The molecule has 6 nitrogen and oxygen atoms in total. The number of aryl methyl sites for hydroxylation is 1. The van der Waals surface area contributed by atoms with E-state index in [4.69, 9.17) is 5.73 Å². The van der Waals surface area contributed by atoms with Gasteiger partial charge in [-0.3, -0.25) is 0 Å². The minimum atomic E-state index is -0.710. The van der Waals surface area contributed by atoms with E-state index in [1.807, 2.05) is 13.1 Å². The molecule has 2 amide bonds. The van der Waals surface area contributed by atoms with E-state index in [1.165, 1.54) is 0 Å². The fourth-order valence-corrected chi connectivity index (χ4v) is 1.78. The number of urea groups is 1. The highest BCUT2D eigenvalue weighted by molar-refractivity contribution is 7.82. The third-order valence-electron chi connectivity index (χ3n) is 2.54. The highest BCUT2D eigenvalue weighted by Gasteiger charge is 2.12. The molecule has 0 aliphatic carbocycles. The number of benzene rings is 1. The molecular weight excluding hydrogens is 262 g/mol. The molecule has 0 radical (unpaired) electrons. The number of nitriles is 1. The topological polar surface area (TPSA) is 87.9 Å². The van der Waals surface area contributed by atoms with E-state index in [0.717, 1.165) is 10.00 Å². The maximum Gasteiger partial charge on any atom is 0.329 e. The molecule has 0 aliphatic rings. The molecule has 0 unspecified atom stereocenters. The summed E-state index contributed by atoms with van der Waals surface area (Å²) >= 11 is 3.96. The van der Waals surface area contributed by atoms with Crippen molar-refractivity contribution in [2.45, 2.75) is 6.92 Å². The molecule has 1 heterocycles. The Morgan fingerprint density at radius 3 is 2.84 bits per heavy atom. The molecular formula is C12H11N5OS. The maximum absolute atomic E-state index is 11.0. The largest absolute Gasteiger partial charge is 0.350 e. The smallest absolute Gasteiger partial charge is 0.329 e. The number of anilines is 1. The second-order valence-corrected chi connectivity index (χ2v) is 4.29. The van der Waals surface area contributed by atoms with Gasteiger partial charge in [-0.1, -0.05) is 12.8 Å². The Balaban J connectivity index is 2.49. The number of nitrogens with two attached hydrogens (primary N) is 1. The molecule has 96 valence electrons. The first-order valence-electron chi connectivity index (χ1n) is 5.36. The van der Waals surface area contributed by atoms with Crippen molar-refractivity contribution in [1.82, 2.24) is 9.55 Å². The number of nitrogens with zero attached hydrogens (tertiary/aromatic N) is 4. The van der Waals surface area contributed by atoms with Crippen LogP contribution in [0.5, 0.6) is 0 Å². The summed E-state index contributed by atoms with van der Waals surface area (Å²) in [5.41, 5.74) is 7.49. The number of amides is 2. The Hall–Kier alpha value is -2.46. The SMILES string of the molecule is Cc1cn(-c2ccc(N(S)C(N)=O)cc2C#N)cn1. The number of aromatic nitrogens is 2. The van der Waals surface area contributed by atoms with Crippen LogP contribution >= 0.6 is 12.8 Å². The van der Waals surface area contributed by atoms with E-state index in [2.05, 4.69) is 23.9 Å². The standard InChI is InChI=1S/C12H11N5OS/c1-8-6-16(7-15-8)11-3-2-10(4-9(11)5-13)17(19)12(14)18/h2-4,6-7,19H,1H3,(H2,14,18). The lowest BCUT2D eigenvalue weighted by Crippen LogP contribution is -2.27. The highest BCUT2D eigenvalue weighted by atomic mass is 32.1. The first-order valence-corrected chi connectivity index (χ1v) is 5.76. The van der Waals surface area contributed by atoms with Crippen LogP contribution in [-0.4, -0.2) is 15.6 Å². The van der Waals surface area contributed by atoms with Crippen molar-refractivity contribution in [3.63, 3.8) is 0 Å². The molecule has 2 aromatic rings. The van der Waals surface area contributed by atoms with Gasteiger partial charge >= 0.3 is 6.03 Å². The third-order valence-corrected chi connectivity index (χ3v) is 2.97. The van der Waals surface area contributed by atoms with Crippen LogP contribution in [0.25, 0.3) is 5.69 Å². The molecule has 2 rings (SSSR count). The van der Waals surface area contributed by atoms with Crippen LogP contribution in [0.3, 0.4) is 0 Å². The number of carbonyl (C=O) groups excluding carboxylic acids is 1. The number of hydrogen-bond donors (Lipinski definition) is 2. The highest BCUT2D eigenvalue weighted by Crippen LogP contribution is 2.23. The number of rotatable bonds is 2. The van der Waals surface area contributed by atoms with Crippen molar-refractivity contribution in [3.05, 3.63) is 42.0 Å². The third kappa shape index (κ3) is 2.53. The average Bonchev–Trinajstić information content (AvgIpc) is 2.83. The molecule has 0 fully saturated rings. The number of carbonyl (C=O) groups is 1. The summed E-state index contributed by atoms with van der Waals surface area (Å²) in [5, 5.41) is 9.19. The van der Waals surface area contributed by atoms with Crippen molar-refractivity contribution < 1.29 is 4.79 Å². The fraction of sp³-hybridized carbons (Fsp3) is 0.0833. The van der Waals surface area contributed by atoms with Crippen LogP contribution in [-0.2, 0) is 0 Å². The summed E-state index contributed by atoms with van der Waals surface area (Å²) in [5.74, 6) is 0. The van der Waals surface area contributed by atoms with E-state index in [9.17, 15) is 10.1 Å². The number of hydrogen-bond acceptors (Lipinski definition) is 4. The molecule has 1 aromatic heterocycles. The Labute approximate surface area is 115 Å². The minimum absolute atomic E-state index is 0.398. The molecule has 0 atom stereocenters. The maximum atomic E-state index is 11.0. The summed E-state index contributed by atoms with van der Waals surface area (Å²) in [4.78, 5) is 15.1. The summed E-state index contributed by atoms with van der Waals surface area (Å²) in [7, 11) is 0. The van der Waals surface area contributed by atoms with Gasteiger partial charge in [0, 0.05) is 6.20 Å². The molecule has 1 aromatic carbocycles. The summed E-state index contributed by atoms with van der Waals surface area (Å²) in [6.45, 7) is 1.86. The van der Waals surface area contributed by atoms with E-state index in [0.29, 0.717) is 16.9 Å². The zero-order valence-corrected chi connectivity index (χ0v) is 11.0. The van der Waals surface area contributed by atoms with Crippen molar-refractivity contribution in [1.29, 1.82) is 5.26 Å². The fourth-order valence-electron chi connectivity index (χ4n) is 1.65. The van der Waals surface area contributed by atoms with Crippen molar-refractivity contribution in [3.8, 4) is 11.8 Å². The van der Waals surface area contributed by atoms with Crippen LogP contribution in [0.4, 0.5) is 10.5 Å². The lowest BCUT2D eigenvalue weighted by atomic mass is 10.1. The molecule has 0 saturated heterocycles. The Bertz CT molecular complexity index is 673. The van der Waals surface area contributed by atoms with Crippen molar-refractivity contribution >= 4 is 24.5 Å². The average molecular weight is 273 g/mol. The predicted molar refractivity (Wildman–Crippen MR) is 74.1 cm³/mol. The minimum Gasteiger partial charge on any atom is -0.350 e. The lowest BCUT2D eigenvalue weighted by Gasteiger charge is -2.14. The van der Waals surface area contributed by atoms with Crippen LogP contribution in [0.15, 0.2) is 30.7 Å². The van der Waals surface area contributed by atoms with Crippen molar-refractivity contribution in [2.24, 2.45) is 5.73 Å². The molecule has 0 saturated carbocycles. The Morgan fingerprint density at radius 2 is 2.32 bits per heavy atom. The molecule has 2 N–H and O–H groups in total. The van der Waals surface area contributed by atoms with Crippen LogP contribution in [0.2, 0.25) is 0 Å². The first-order chi connectivity index (χ1) is 9.02. The van der Waals surface area contributed by atoms with Crippen LogP contribution < -0.4 is 10.0 Å². The summed E-state index contributed by atoms with van der Waals surface area (Å²) in [6.07, 6.45) is 3.43. The van der Waals surface area contributed by atoms with Gasteiger partial charge in [-0.2, -0.15) is 5.26 Å². The number of primary amides is 1. The second kappa shape index (κ2) is 5.04. The van der Waals surface area contributed by atoms with Crippen LogP contribution in [0.1, 0.15) is 11.3 Å². The number of thiol groups is 1. The van der Waals surface area contributed by atoms with Crippen molar-refractivity contribution in [2.75, 3.05) is 4.31 Å². The second-order valence-electron chi connectivity index (χ2n) is 3.89. The zero-order valence-electron chi connectivity index (χ0n) is 10.1. The summed E-state index contributed by atoms with van der Waals surface area (Å²) in [6, 6.07) is 6.28. The summed E-state index contributed by atoms with van der Waals surface area (Å²) < 4.78 is 2.72. The zero-order chi connectivity index (χ0) is 14.0. The van der Waals surface area contributed by atoms with E-state index >= 15 is 0 Å². The quantitative estimate of drug-likeness (QED) is 0.817. The van der Waals surface area contributed by atoms with E-state index in [1.54, 1.807) is 29.1 Å².